The molecule has 1 aromatic carbocycles. The van der Waals surface area contributed by atoms with Crippen molar-refractivity contribution in [2.75, 3.05) is 0 Å². The molecule has 1 saturated carbocycles. The molecule has 27 heavy (non-hydrogen) atoms. The minimum Gasteiger partial charge on any atom is -0.393 e. The van der Waals surface area contributed by atoms with Crippen LogP contribution in [-0.2, 0) is 18.4 Å². The van der Waals surface area contributed by atoms with E-state index in [-0.39, 0.29) is 36.1 Å². The fourth-order valence-corrected chi connectivity index (χ4v) is 3.57. The van der Waals surface area contributed by atoms with Crippen molar-refractivity contribution in [2.45, 2.75) is 31.5 Å². The van der Waals surface area contributed by atoms with Crippen LogP contribution < -0.4 is 10.9 Å². The standard InChI is InChI=1S/C19H21N5O3/c1-23-9-13(8-21-23)18(12-6-14(25)7-12)22-17(26)10-24-11-20-16-5-3-2-4-15(16)19(24)27/h2-5,8-9,11-12,14,18,25H,6-7,10H2,1H3,(H,22,26). The van der Waals surface area contributed by atoms with E-state index in [9.17, 15) is 14.7 Å². The minimum atomic E-state index is -0.321. The van der Waals surface area contributed by atoms with Crippen LogP contribution in [0, 0.1) is 5.92 Å². The van der Waals surface area contributed by atoms with Gasteiger partial charge in [-0.25, -0.2) is 4.98 Å². The van der Waals surface area contributed by atoms with Crippen molar-refractivity contribution < 1.29 is 9.90 Å². The van der Waals surface area contributed by atoms with Crippen LogP contribution >= 0.6 is 0 Å². The molecule has 0 spiro atoms. The highest BCUT2D eigenvalue weighted by Gasteiger charge is 2.36. The molecular weight excluding hydrogens is 346 g/mol. The Balaban J connectivity index is 1.53. The molecule has 0 aliphatic heterocycles. The first-order chi connectivity index (χ1) is 13.0. The molecule has 2 heterocycles. The first-order valence-corrected chi connectivity index (χ1v) is 8.91. The first kappa shape index (κ1) is 17.4. The zero-order valence-corrected chi connectivity index (χ0v) is 14.9. The Morgan fingerprint density at radius 2 is 2.15 bits per heavy atom. The van der Waals surface area contributed by atoms with Gasteiger partial charge in [-0.3, -0.25) is 18.8 Å². The van der Waals surface area contributed by atoms with Crippen LogP contribution in [0.15, 0.2) is 47.8 Å². The van der Waals surface area contributed by atoms with Gasteiger partial charge in [-0.1, -0.05) is 12.1 Å². The zero-order chi connectivity index (χ0) is 19.0. The van der Waals surface area contributed by atoms with Gasteiger partial charge in [0.25, 0.3) is 5.56 Å². The summed E-state index contributed by atoms with van der Waals surface area (Å²) >= 11 is 0. The number of carbonyl (C=O) groups is 1. The molecule has 1 unspecified atom stereocenters. The molecule has 3 aromatic rings. The molecule has 8 nitrogen and oxygen atoms in total. The van der Waals surface area contributed by atoms with Gasteiger partial charge in [-0.2, -0.15) is 5.10 Å². The summed E-state index contributed by atoms with van der Waals surface area (Å²) in [7, 11) is 1.82. The Hall–Kier alpha value is -3.00. The van der Waals surface area contributed by atoms with Crippen molar-refractivity contribution in [3.63, 3.8) is 0 Å². The van der Waals surface area contributed by atoms with E-state index in [4.69, 9.17) is 0 Å². The van der Waals surface area contributed by atoms with Gasteiger partial charge in [-0.15, -0.1) is 0 Å². The largest absolute Gasteiger partial charge is 0.393 e. The molecular formula is C19H21N5O3. The summed E-state index contributed by atoms with van der Waals surface area (Å²) in [5.41, 5.74) is 1.26. The number of amides is 1. The van der Waals surface area contributed by atoms with Crippen molar-refractivity contribution in [3.05, 3.63) is 58.9 Å². The number of hydrogen-bond donors (Lipinski definition) is 2. The van der Waals surface area contributed by atoms with Gasteiger partial charge in [0.1, 0.15) is 6.54 Å². The Kier molecular flexibility index (Phi) is 4.49. The van der Waals surface area contributed by atoms with Gasteiger partial charge in [0, 0.05) is 18.8 Å². The van der Waals surface area contributed by atoms with Gasteiger partial charge in [0.2, 0.25) is 5.91 Å². The Bertz CT molecular complexity index is 1040. The highest BCUT2D eigenvalue weighted by atomic mass is 16.3. The maximum atomic E-state index is 12.6. The summed E-state index contributed by atoms with van der Waals surface area (Å²) in [5.74, 6) is -0.121. The number of aliphatic hydroxyl groups excluding tert-OH is 1. The van der Waals surface area contributed by atoms with E-state index in [1.54, 1.807) is 29.1 Å². The molecule has 1 amide bonds. The average Bonchev–Trinajstić information content (AvgIpc) is 3.06. The van der Waals surface area contributed by atoms with Gasteiger partial charge in [0.15, 0.2) is 0 Å². The molecule has 8 heteroatoms. The summed E-state index contributed by atoms with van der Waals surface area (Å²) in [6.07, 6.45) is 5.93. The normalized spacial score (nSPS) is 20.2. The van der Waals surface area contributed by atoms with E-state index in [1.165, 1.54) is 10.9 Å². The van der Waals surface area contributed by atoms with Gasteiger partial charge >= 0.3 is 0 Å². The van der Waals surface area contributed by atoms with E-state index >= 15 is 0 Å². The number of aliphatic hydroxyl groups is 1. The van der Waals surface area contributed by atoms with Gasteiger partial charge in [-0.05, 0) is 30.9 Å². The number of para-hydroxylation sites is 1. The number of benzene rings is 1. The molecule has 1 atom stereocenters. The number of rotatable bonds is 5. The zero-order valence-electron chi connectivity index (χ0n) is 14.9. The molecule has 4 rings (SSSR count). The number of aryl methyl sites for hydroxylation is 1. The Morgan fingerprint density at radius 1 is 1.37 bits per heavy atom. The number of nitrogens with one attached hydrogen (secondary N) is 1. The van der Waals surface area contributed by atoms with Crippen molar-refractivity contribution in [3.8, 4) is 0 Å². The second kappa shape index (κ2) is 6.96. The molecule has 0 saturated heterocycles. The van der Waals surface area contributed by atoms with Crippen LogP contribution in [0.2, 0.25) is 0 Å². The number of fused-ring (bicyclic) bond motifs is 1. The van der Waals surface area contributed by atoms with Crippen molar-refractivity contribution in [1.29, 1.82) is 0 Å². The maximum absolute atomic E-state index is 12.6. The van der Waals surface area contributed by atoms with E-state index < -0.39 is 0 Å². The average molecular weight is 367 g/mol. The summed E-state index contributed by atoms with van der Waals surface area (Å²) in [6.45, 7) is -0.108. The highest BCUT2D eigenvalue weighted by molar-refractivity contribution is 5.79. The highest BCUT2D eigenvalue weighted by Crippen LogP contribution is 2.37. The molecule has 0 radical (unpaired) electrons. The summed E-state index contributed by atoms with van der Waals surface area (Å²) in [6, 6.07) is 6.82. The number of carbonyl (C=O) groups excluding carboxylic acids is 1. The third-order valence-corrected chi connectivity index (χ3v) is 5.07. The lowest BCUT2D eigenvalue weighted by molar-refractivity contribution is -0.123. The van der Waals surface area contributed by atoms with E-state index in [0.29, 0.717) is 23.7 Å². The summed E-state index contributed by atoms with van der Waals surface area (Å²) in [5, 5.41) is 17.3. The predicted octanol–water partition coefficient (Wildman–Crippen LogP) is 0.758. The monoisotopic (exact) mass is 367 g/mol. The summed E-state index contributed by atoms with van der Waals surface area (Å²) in [4.78, 5) is 29.4. The van der Waals surface area contributed by atoms with Crippen molar-refractivity contribution >= 4 is 16.8 Å². The molecule has 140 valence electrons. The number of nitrogens with zero attached hydrogens (tertiary/aromatic N) is 4. The van der Waals surface area contributed by atoms with Crippen molar-refractivity contribution in [1.82, 2.24) is 24.6 Å². The molecule has 2 aromatic heterocycles. The second-order valence-electron chi connectivity index (χ2n) is 7.07. The third kappa shape index (κ3) is 3.48. The van der Waals surface area contributed by atoms with Crippen LogP contribution in [0.3, 0.4) is 0 Å². The molecule has 1 fully saturated rings. The molecule has 2 N–H and O–H groups in total. The van der Waals surface area contributed by atoms with Crippen LogP contribution in [0.25, 0.3) is 10.9 Å². The first-order valence-electron chi connectivity index (χ1n) is 8.91. The van der Waals surface area contributed by atoms with E-state index in [1.807, 2.05) is 19.3 Å². The fraction of sp³-hybridized carbons (Fsp3) is 0.368. The van der Waals surface area contributed by atoms with Crippen LogP contribution in [-0.4, -0.2) is 36.4 Å². The quantitative estimate of drug-likeness (QED) is 0.693. The maximum Gasteiger partial charge on any atom is 0.261 e. The lowest BCUT2D eigenvalue weighted by atomic mass is 9.75. The minimum absolute atomic E-state index is 0.108. The Morgan fingerprint density at radius 3 is 2.85 bits per heavy atom. The topological polar surface area (TPSA) is 102 Å². The lowest BCUT2D eigenvalue weighted by Gasteiger charge is -2.37. The number of hydrogen-bond acceptors (Lipinski definition) is 5. The van der Waals surface area contributed by atoms with E-state index in [2.05, 4.69) is 15.4 Å². The molecule has 1 aliphatic rings. The predicted molar refractivity (Wildman–Crippen MR) is 98.8 cm³/mol. The molecule has 1 aliphatic carbocycles. The SMILES string of the molecule is Cn1cc(C(NC(=O)Cn2cnc3ccccc3c2=O)C2CC(O)C2)cn1. The number of aromatic nitrogens is 4. The molecule has 0 bridgehead atoms. The lowest BCUT2D eigenvalue weighted by Crippen LogP contribution is -2.43. The van der Waals surface area contributed by atoms with E-state index in [0.717, 1.165) is 5.56 Å². The third-order valence-electron chi connectivity index (χ3n) is 5.07. The van der Waals surface area contributed by atoms with Crippen LogP contribution in [0.4, 0.5) is 0 Å². The van der Waals surface area contributed by atoms with Gasteiger partial charge in [0.05, 0.1) is 35.6 Å². The Labute approximate surface area is 155 Å². The summed E-state index contributed by atoms with van der Waals surface area (Å²) < 4.78 is 2.99. The fourth-order valence-electron chi connectivity index (χ4n) is 3.57. The van der Waals surface area contributed by atoms with Crippen LogP contribution in [0.5, 0.6) is 0 Å². The second-order valence-corrected chi connectivity index (χ2v) is 7.07. The van der Waals surface area contributed by atoms with Crippen molar-refractivity contribution in [2.24, 2.45) is 13.0 Å². The van der Waals surface area contributed by atoms with Gasteiger partial charge < -0.3 is 10.4 Å². The van der Waals surface area contributed by atoms with Crippen LogP contribution in [0.1, 0.15) is 24.4 Å². The smallest absolute Gasteiger partial charge is 0.261 e.